The van der Waals surface area contributed by atoms with Gasteiger partial charge in [-0.25, -0.2) is 9.48 Å². The first-order valence-electron chi connectivity index (χ1n) is 9.73. The molecule has 2 aromatic rings. The number of aromatic nitrogens is 5. The molecule has 4 rings (SSSR count). The highest BCUT2D eigenvalue weighted by atomic mass is 16.6. The third-order valence-electron chi connectivity index (χ3n) is 5.29. The zero-order chi connectivity index (χ0) is 23.0. The Labute approximate surface area is 179 Å². The van der Waals surface area contributed by atoms with Crippen LogP contribution in [0.1, 0.15) is 18.1 Å². The second kappa shape index (κ2) is 9.16. The number of hydrogen-bond acceptors (Lipinski definition) is 12. The normalized spacial score (nSPS) is 35.3. The van der Waals surface area contributed by atoms with Gasteiger partial charge >= 0.3 is 5.69 Å². The van der Waals surface area contributed by atoms with Gasteiger partial charge in [0.25, 0.3) is 5.56 Å². The molecule has 2 fully saturated rings. The van der Waals surface area contributed by atoms with Crippen LogP contribution < -0.4 is 11.2 Å². The minimum Gasteiger partial charge on any atom is -0.388 e. The van der Waals surface area contributed by atoms with Crippen molar-refractivity contribution < 1.29 is 39.7 Å². The highest BCUT2D eigenvalue weighted by molar-refractivity contribution is 4.95. The van der Waals surface area contributed by atoms with Gasteiger partial charge in [-0.15, -0.1) is 5.10 Å². The first-order valence-corrected chi connectivity index (χ1v) is 9.73. The molecule has 0 radical (unpaired) electrons. The zero-order valence-electron chi connectivity index (χ0n) is 16.5. The molecule has 0 aromatic carbocycles. The molecule has 0 spiro atoms. The maximum atomic E-state index is 11.9. The fourth-order valence-electron chi connectivity index (χ4n) is 3.53. The first-order chi connectivity index (χ1) is 15.3. The number of H-pyrrole nitrogens is 1. The smallest absolute Gasteiger partial charge is 0.330 e. The van der Waals surface area contributed by atoms with E-state index in [4.69, 9.17) is 14.2 Å². The third-order valence-corrected chi connectivity index (χ3v) is 5.29. The highest BCUT2D eigenvalue weighted by Crippen LogP contribution is 2.28. The Bertz CT molecular complexity index is 1040. The number of hydrogen-bond donors (Lipinski definition) is 6. The van der Waals surface area contributed by atoms with Crippen LogP contribution in [0.2, 0.25) is 0 Å². The second-order valence-corrected chi connectivity index (χ2v) is 7.54. The predicted octanol–water partition coefficient (Wildman–Crippen LogP) is -4.42. The van der Waals surface area contributed by atoms with E-state index in [0.29, 0.717) is 5.69 Å². The van der Waals surface area contributed by atoms with E-state index in [1.807, 2.05) is 4.98 Å². The summed E-state index contributed by atoms with van der Waals surface area (Å²) in [6.07, 6.45) is -7.45. The molecule has 8 atom stereocenters. The zero-order valence-corrected chi connectivity index (χ0v) is 16.5. The average Bonchev–Trinajstić information content (AvgIpc) is 3.33. The van der Waals surface area contributed by atoms with Gasteiger partial charge in [0.15, 0.2) is 12.5 Å². The van der Waals surface area contributed by atoms with Crippen LogP contribution in [0.3, 0.4) is 0 Å². The Morgan fingerprint density at radius 1 is 1.09 bits per heavy atom. The number of aromatic amines is 1. The summed E-state index contributed by atoms with van der Waals surface area (Å²) in [5, 5.41) is 57.4. The van der Waals surface area contributed by atoms with E-state index in [9.17, 15) is 35.1 Å². The molecule has 2 aromatic heterocycles. The number of rotatable bonds is 6. The van der Waals surface area contributed by atoms with Crippen molar-refractivity contribution in [2.75, 3.05) is 13.2 Å². The number of aliphatic hydroxyl groups excluding tert-OH is 5. The van der Waals surface area contributed by atoms with E-state index in [-0.39, 0.29) is 19.8 Å². The van der Waals surface area contributed by atoms with Gasteiger partial charge < -0.3 is 39.7 Å². The van der Waals surface area contributed by atoms with Gasteiger partial charge in [-0.2, -0.15) is 0 Å². The van der Waals surface area contributed by atoms with Crippen LogP contribution >= 0.6 is 0 Å². The molecule has 0 aliphatic carbocycles. The topological polar surface area (TPSA) is 214 Å². The minimum absolute atomic E-state index is 0.0695. The maximum Gasteiger partial charge on any atom is 0.330 e. The fraction of sp³-hybridized carbons (Fsp3) is 0.647. The predicted molar refractivity (Wildman–Crippen MR) is 99.9 cm³/mol. The van der Waals surface area contributed by atoms with Crippen LogP contribution in [-0.4, -0.2) is 99.9 Å². The lowest BCUT2D eigenvalue weighted by atomic mass is 10.0. The van der Waals surface area contributed by atoms with Crippen molar-refractivity contribution in [3.8, 4) is 0 Å². The van der Waals surface area contributed by atoms with Crippen molar-refractivity contribution >= 4 is 0 Å². The van der Waals surface area contributed by atoms with Crippen molar-refractivity contribution in [3.63, 3.8) is 0 Å². The summed E-state index contributed by atoms with van der Waals surface area (Å²) in [5.74, 6) is 0. The lowest BCUT2D eigenvalue weighted by molar-refractivity contribution is -0.214. The second-order valence-electron chi connectivity index (χ2n) is 7.54. The number of aliphatic hydroxyl groups is 5. The van der Waals surface area contributed by atoms with Gasteiger partial charge in [-0.05, 0) is 0 Å². The molecule has 0 bridgehead atoms. The van der Waals surface area contributed by atoms with Gasteiger partial charge in [0, 0.05) is 12.3 Å². The lowest BCUT2D eigenvalue weighted by Crippen LogP contribution is -2.50. The van der Waals surface area contributed by atoms with Crippen molar-refractivity contribution in [3.05, 3.63) is 45.0 Å². The quantitative estimate of drug-likeness (QED) is 0.242. The SMILES string of the molecule is O=c1ccn([C@@H]2O[C@H](COCc3cn(C4OCC(O)C(O)C4O)nn3)[C@H](O)C2O)c(=O)[nH]1. The van der Waals surface area contributed by atoms with Crippen molar-refractivity contribution in [1.82, 2.24) is 24.5 Å². The van der Waals surface area contributed by atoms with E-state index >= 15 is 0 Å². The van der Waals surface area contributed by atoms with Crippen LogP contribution in [0.25, 0.3) is 0 Å². The molecule has 32 heavy (non-hydrogen) atoms. The molecule has 2 aliphatic heterocycles. The molecule has 6 N–H and O–H groups in total. The van der Waals surface area contributed by atoms with Gasteiger partial charge in [0.05, 0.1) is 26.0 Å². The minimum atomic E-state index is -1.43. The number of nitrogens with one attached hydrogen (secondary N) is 1. The summed E-state index contributed by atoms with van der Waals surface area (Å²) in [7, 11) is 0. The van der Waals surface area contributed by atoms with Gasteiger partial charge in [-0.3, -0.25) is 14.3 Å². The summed E-state index contributed by atoms with van der Waals surface area (Å²) in [4.78, 5) is 25.1. The van der Waals surface area contributed by atoms with Gasteiger partial charge in [0.2, 0.25) is 0 Å². The number of ether oxygens (including phenoxy) is 3. The van der Waals surface area contributed by atoms with Crippen LogP contribution in [0.5, 0.6) is 0 Å². The Hall–Kier alpha value is -2.50. The van der Waals surface area contributed by atoms with Gasteiger partial charge in [0.1, 0.15) is 42.3 Å². The van der Waals surface area contributed by atoms with Crippen LogP contribution in [-0.2, 0) is 20.8 Å². The Kier molecular flexibility index (Phi) is 6.50. The van der Waals surface area contributed by atoms with E-state index in [1.165, 1.54) is 10.9 Å². The molecule has 2 saturated heterocycles. The van der Waals surface area contributed by atoms with E-state index < -0.39 is 60.3 Å². The van der Waals surface area contributed by atoms with Crippen LogP contribution in [0.4, 0.5) is 0 Å². The molecule has 15 nitrogen and oxygen atoms in total. The van der Waals surface area contributed by atoms with E-state index in [1.54, 1.807) is 0 Å². The molecule has 0 saturated carbocycles. The molecular formula is C17H23N5O10. The Balaban J connectivity index is 1.33. The molecular weight excluding hydrogens is 434 g/mol. The summed E-state index contributed by atoms with van der Waals surface area (Å²) in [6, 6.07) is 1.09. The van der Waals surface area contributed by atoms with Crippen molar-refractivity contribution in [2.45, 2.75) is 55.7 Å². The average molecular weight is 457 g/mol. The highest BCUT2D eigenvalue weighted by Gasteiger charge is 2.44. The maximum absolute atomic E-state index is 11.9. The first kappa shape index (κ1) is 22.7. The standard InChI is InChI=1S/C17H23N5O10/c23-8-5-31-16(13(27)11(8)25)22-3-7(19-20-22)4-30-6-9-12(26)14(28)15(32-9)21-2-1-10(24)18-17(21)29/h1-3,8-9,11-16,23,25-28H,4-6H2,(H,18,24,29)/t8?,9-,11?,12+,13?,14?,15-,16?/m1/s1. The fourth-order valence-corrected chi connectivity index (χ4v) is 3.53. The Morgan fingerprint density at radius 2 is 1.84 bits per heavy atom. The molecule has 2 aliphatic rings. The molecule has 4 heterocycles. The summed E-state index contributed by atoms with van der Waals surface area (Å²) >= 11 is 0. The van der Waals surface area contributed by atoms with Crippen molar-refractivity contribution in [1.29, 1.82) is 0 Å². The lowest BCUT2D eigenvalue weighted by Gasteiger charge is -2.34. The van der Waals surface area contributed by atoms with E-state index in [2.05, 4.69) is 10.3 Å². The molecule has 15 heteroatoms. The molecule has 176 valence electrons. The summed E-state index contributed by atoms with van der Waals surface area (Å²) < 4.78 is 18.4. The van der Waals surface area contributed by atoms with Crippen molar-refractivity contribution in [2.24, 2.45) is 0 Å². The summed E-state index contributed by atoms with van der Waals surface area (Å²) in [5.41, 5.74) is -1.07. The third kappa shape index (κ3) is 4.37. The van der Waals surface area contributed by atoms with E-state index in [0.717, 1.165) is 16.8 Å². The van der Waals surface area contributed by atoms with Crippen LogP contribution in [0, 0.1) is 0 Å². The molecule has 0 amide bonds. The monoisotopic (exact) mass is 457 g/mol. The Morgan fingerprint density at radius 3 is 2.59 bits per heavy atom. The summed E-state index contributed by atoms with van der Waals surface area (Å²) in [6.45, 7) is -0.416. The number of nitrogens with zero attached hydrogens (tertiary/aromatic N) is 4. The van der Waals surface area contributed by atoms with Gasteiger partial charge in [-0.1, -0.05) is 5.21 Å². The largest absolute Gasteiger partial charge is 0.388 e. The van der Waals surface area contributed by atoms with Crippen LogP contribution in [0.15, 0.2) is 28.0 Å². The molecule has 5 unspecified atom stereocenters.